The Labute approximate surface area is 192 Å². The van der Waals surface area contributed by atoms with Crippen molar-refractivity contribution in [1.29, 1.82) is 0 Å². The molecule has 0 saturated heterocycles. The maximum Gasteiger partial charge on any atom is 0.410 e. The quantitative estimate of drug-likeness (QED) is 0.509. The van der Waals surface area contributed by atoms with Crippen LogP contribution >= 0.6 is 11.6 Å². The van der Waals surface area contributed by atoms with Crippen LogP contribution in [0.1, 0.15) is 29.0 Å². The van der Waals surface area contributed by atoms with Crippen molar-refractivity contribution >= 4 is 23.7 Å². The molecule has 0 aromatic heterocycles. The lowest BCUT2D eigenvalue weighted by molar-refractivity contribution is -0.142. The molecule has 1 atom stereocenters. The number of ether oxygens (including phenoxy) is 1. The van der Waals surface area contributed by atoms with Crippen LogP contribution in [0, 0.1) is 0 Å². The number of halogens is 1. The lowest BCUT2D eigenvalue weighted by atomic mass is 9.98. The monoisotopic (exact) mass is 449 g/mol. The summed E-state index contributed by atoms with van der Waals surface area (Å²) in [6.07, 6.45) is 0.0971. The summed E-state index contributed by atoms with van der Waals surface area (Å²) >= 11 is 6.01. The fourth-order valence-corrected chi connectivity index (χ4v) is 4.51. The SMILES string of the molecule is CN(C(=O)OCC1c2ccccc2-c2ccccc21)[C@H](CCc1cccc(Cl)c1)C(=O)O. The summed E-state index contributed by atoms with van der Waals surface area (Å²) < 4.78 is 5.61. The second-order valence-corrected chi connectivity index (χ2v) is 8.37. The molecular weight excluding hydrogens is 426 g/mol. The van der Waals surface area contributed by atoms with E-state index in [0.29, 0.717) is 11.4 Å². The van der Waals surface area contributed by atoms with Gasteiger partial charge < -0.3 is 9.84 Å². The minimum absolute atomic E-state index is 0.0745. The molecule has 1 aliphatic carbocycles. The van der Waals surface area contributed by atoms with Crippen LogP contribution in [0.15, 0.2) is 72.8 Å². The second kappa shape index (κ2) is 9.45. The number of fused-ring (bicyclic) bond motifs is 3. The smallest absolute Gasteiger partial charge is 0.410 e. The van der Waals surface area contributed by atoms with E-state index in [1.54, 1.807) is 12.1 Å². The topological polar surface area (TPSA) is 66.8 Å². The number of benzene rings is 3. The number of nitrogens with zero attached hydrogens (tertiary/aromatic N) is 1. The first-order valence-corrected chi connectivity index (χ1v) is 10.9. The number of carbonyl (C=O) groups excluding carboxylic acids is 1. The number of hydrogen-bond acceptors (Lipinski definition) is 3. The minimum Gasteiger partial charge on any atom is -0.480 e. The van der Waals surface area contributed by atoms with Crippen LogP contribution in [-0.2, 0) is 16.0 Å². The van der Waals surface area contributed by atoms with Gasteiger partial charge in [-0.2, -0.15) is 0 Å². The van der Waals surface area contributed by atoms with E-state index in [9.17, 15) is 14.7 Å². The molecule has 1 N–H and O–H groups in total. The Kier molecular flexibility index (Phi) is 6.47. The molecular formula is C26H24ClNO4. The fourth-order valence-electron chi connectivity index (χ4n) is 4.30. The van der Waals surface area contributed by atoms with Crippen LogP contribution in [0.25, 0.3) is 11.1 Å². The summed E-state index contributed by atoms with van der Waals surface area (Å²) in [7, 11) is 1.47. The van der Waals surface area contributed by atoms with E-state index in [0.717, 1.165) is 27.8 Å². The Morgan fingerprint density at radius 2 is 1.62 bits per heavy atom. The summed E-state index contributed by atoms with van der Waals surface area (Å²) in [5.41, 5.74) is 5.43. The molecule has 0 radical (unpaired) electrons. The van der Waals surface area contributed by atoms with Gasteiger partial charge in [-0.15, -0.1) is 0 Å². The largest absolute Gasteiger partial charge is 0.480 e. The van der Waals surface area contributed by atoms with E-state index in [-0.39, 0.29) is 18.9 Å². The first kappa shape index (κ1) is 21.9. The van der Waals surface area contributed by atoms with Gasteiger partial charge in [0.2, 0.25) is 0 Å². The third-order valence-corrected chi connectivity index (χ3v) is 6.21. The summed E-state index contributed by atoms with van der Waals surface area (Å²) in [5, 5.41) is 10.3. The van der Waals surface area contributed by atoms with Gasteiger partial charge in [-0.1, -0.05) is 72.3 Å². The highest BCUT2D eigenvalue weighted by Crippen LogP contribution is 2.44. The normalized spacial score (nSPS) is 13.2. The molecule has 1 aliphatic rings. The predicted octanol–water partition coefficient (Wildman–Crippen LogP) is 5.61. The van der Waals surface area contributed by atoms with Crippen LogP contribution in [0.3, 0.4) is 0 Å². The summed E-state index contributed by atoms with van der Waals surface area (Å²) in [6, 6.07) is 22.4. The minimum atomic E-state index is -1.07. The van der Waals surface area contributed by atoms with Crippen molar-refractivity contribution in [2.75, 3.05) is 13.7 Å². The van der Waals surface area contributed by atoms with E-state index >= 15 is 0 Å². The van der Waals surface area contributed by atoms with Gasteiger partial charge in [-0.3, -0.25) is 4.90 Å². The van der Waals surface area contributed by atoms with E-state index < -0.39 is 18.1 Å². The summed E-state index contributed by atoms with van der Waals surface area (Å²) in [6.45, 7) is 0.151. The van der Waals surface area contributed by atoms with Crippen LogP contribution < -0.4 is 0 Å². The zero-order valence-electron chi connectivity index (χ0n) is 17.7. The van der Waals surface area contributed by atoms with Gasteiger partial charge in [0.05, 0.1) is 0 Å². The lowest BCUT2D eigenvalue weighted by Crippen LogP contribution is -2.43. The van der Waals surface area contributed by atoms with Gasteiger partial charge in [0.25, 0.3) is 0 Å². The molecule has 164 valence electrons. The van der Waals surface area contributed by atoms with Crippen LogP contribution in [-0.4, -0.2) is 41.8 Å². The third kappa shape index (κ3) is 4.48. The van der Waals surface area contributed by atoms with Crippen molar-refractivity contribution in [3.63, 3.8) is 0 Å². The van der Waals surface area contributed by atoms with Crippen LogP contribution in [0.5, 0.6) is 0 Å². The Morgan fingerprint density at radius 3 is 2.22 bits per heavy atom. The number of likely N-dealkylation sites (N-methyl/N-ethyl adjacent to an activating group) is 1. The van der Waals surface area contributed by atoms with Gasteiger partial charge >= 0.3 is 12.1 Å². The number of aryl methyl sites for hydroxylation is 1. The van der Waals surface area contributed by atoms with Gasteiger partial charge in [-0.05, 0) is 52.8 Å². The van der Waals surface area contributed by atoms with E-state index in [1.807, 2.05) is 48.5 Å². The van der Waals surface area contributed by atoms with Crippen molar-refractivity contribution < 1.29 is 19.4 Å². The molecule has 0 bridgehead atoms. The number of carbonyl (C=O) groups is 2. The number of carboxylic acids is 1. The number of rotatable bonds is 7. The molecule has 0 aliphatic heterocycles. The molecule has 3 aromatic carbocycles. The van der Waals surface area contributed by atoms with Crippen molar-refractivity contribution in [3.8, 4) is 11.1 Å². The lowest BCUT2D eigenvalue weighted by Gasteiger charge is -2.25. The van der Waals surface area contributed by atoms with E-state index in [1.165, 1.54) is 11.9 Å². The zero-order valence-corrected chi connectivity index (χ0v) is 18.5. The third-order valence-electron chi connectivity index (χ3n) is 5.97. The highest BCUT2D eigenvalue weighted by molar-refractivity contribution is 6.30. The molecule has 0 saturated carbocycles. The molecule has 1 amide bonds. The van der Waals surface area contributed by atoms with Gasteiger partial charge in [0.1, 0.15) is 12.6 Å². The highest BCUT2D eigenvalue weighted by atomic mass is 35.5. The first-order chi connectivity index (χ1) is 15.5. The fraction of sp³-hybridized carbons (Fsp3) is 0.231. The van der Waals surface area contributed by atoms with Crippen molar-refractivity contribution in [2.24, 2.45) is 0 Å². The maximum atomic E-state index is 12.8. The van der Waals surface area contributed by atoms with Crippen molar-refractivity contribution in [3.05, 3.63) is 94.5 Å². The molecule has 0 unspecified atom stereocenters. The number of aliphatic carboxylic acids is 1. The molecule has 0 heterocycles. The Hall–Kier alpha value is -3.31. The van der Waals surface area contributed by atoms with Crippen LogP contribution in [0.4, 0.5) is 4.79 Å². The highest BCUT2D eigenvalue weighted by Gasteiger charge is 2.31. The van der Waals surface area contributed by atoms with Crippen LogP contribution in [0.2, 0.25) is 5.02 Å². The standard InChI is InChI=1S/C26H24ClNO4/c1-28(24(25(29)30)14-13-17-7-6-8-18(27)15-17)26(31)32-16-23-21-11-4-2-9-19(21)20-10-3-5-12-22(20)23/h2-12,15,23-24H,13-14,16H2,1H3,(H,29,30)/t24-/m1/s1. The maximum absolute atomic E-state index is 12.8. The molecule has 32 heavy (non-hydrogen) atoms. The van der Waals surface area contributed by atoms with Crippen molar-refractivity contribution in [1.82, 2.24) is 4.90 Å². The molecule has 6 heteroatoms. The summed E-state index contributed by atoms with van der Waals surface area (Å²) in [4.78, 5) is 25.8. The molecule has 4 rings (SSSR count). The van der Waals surface area contributed by atoms with Crippen molar-refractivity contribution in [2.45, 2.75) is 24.8 Å². The zero-order chi connectivity index (χ0) is 22.7. The molecule has 3 aromatic rings. The number of amides is 1. The average molecular weight is 450 g/mol. The van der Waals surface area contributed by atoms with E-state index in [4.69, 9.17) is 16.3 Å². The second-order valence-electron chi connectivity index (χ2n) is 7.94. The Morgan fingerprint density at radius 1 is 1.00 bits per heavy atom. The average Bonchev–Trinajstić information content (AvgIpc) is 3.11. The molecule has 0 fully saturated rings. The summed E-state index contributed by atoms with van der Waals surface area (Å²) in [5.74, 6) is -1.14. The Balaban J connectivity index is 1.43. The van der Waals surface area contributed by atoms with Gasteiger partial charge in [0.15, 0.2) is 0 Å². The first-order valence-electron chi connectivity index (χ1n) is 10.5. The van der Waals surface area contributed by atoms with E-state index in [2.05, 4.69) is 12.1 Å². The molecule has 0 spiro atoms. The predicted molar refractivity (Wildman–Crippen MR) is 124 cm³/mol. The van der Waals surface area contributed by atoms with Gasteiger partial charge in [-0.25, -0.2) is 9.59 Å². The number of hydrogen-bond donors (Lipinski definition) is 1. The van der Waals surface area contributed by atoms with Gasteiger partial charge in [0, 0.05) is 18.0 Å². The Bertz CT molecular complexity index is 1100. The molecule has 5 nitrogen and oxygen atoms in total. The number of carboxylic acid groups (broad SMARTS) is 1.